The SMILES string of the molecule is Cc1cn(Cc2n[nH]nc2COCO[P+](=O)O)c(=O)[nH]c1=O. The second kappa shape index (κ2) is 7.18. The van der Waals surface area contributed by atoms with E-state index in [0.29, 0.717) is 17.0 Å². The fraction of sp³-hybridized carbons (Fsp3) is 0.400. The fourth-order valence-corrected chi connectivity index (χ4v) is 1.80. The van der Waals surface area contributed by atoms with Gasteiger partial charge in [-0.05, 0) is 6.92 Å². The van der Waals surface area contributed by atoms with Crippen molar-refractivity contribution in [2.24, 2.45) is 0 Å². The van der Waals surface area contributed by atoms with E-state index in [1.54, 1.807) is 6.92 Å². The van der Waals surface area contributed by atoms with Crippen molar-refractivity contribution in [1.82, 2.24) is 25.0 Å². The van der Waals surface area contributed by atoms with Gasteiger partial charge in [-0.3, -0.25) is 14.3 Å². The smallest absolute Gasteiger partial charge is 0.344 e. The molecule has 0 bridgehead atoms. The Morgan fingerprint density at radius 3 is 2.82 bits per heavy atom. The molecule has 0 aliphatic heterocycles. The molecule has 0 saturated heterocycles. The Morgan fingerprint density at radius 1 is 1.36 bits per heavy atom. The summed E-state index contributed by atoms with van der Waals surface area (Å²) >= 11 is 0. The van der Waals surface area contributed by atoms with Crippen LogP contribution in [0.3, 0.4) is 0 Å². The molecule has 12 heteroatoms. The standard InChI is InChI=1S/C10H12N5O6P/c1-6-2-15(10(17)11-9(6)16)3-7-8(13-14-12-7)4-20-5-21-22(18)19/h2H,3-5H2,1H3,(H2-,11,12,13,14,16,17,18,19)/p+1. The summed E-state index contributed by atoms with van der Waals surface area (Å²) in [5.74, 6) is 0. The molecule has 22 heavy (non-hydrogen) atoms. The number of hydrogen-bond donors (Lipinski definition) is 3. The van der Waals surface area contributed by atoms with Crippen LogP contribution in [-0.4, -0.2) is 36.6 Å². The molecular formula is C10H13N5O6P+. The van der Waals surface area contributed by atoms with Crippen LogP contribution in [0.5, 0.6) is 0 Å². The van der Waals surface area contributed by atoms with E-state index in [1.165, 1.54) is 10.8 Å². The van der Waals surface area contributed by atoms with E-state index in [0.717, 1.165) is 0 Å². The van der Waals surface area contributed by atoms with Gasteiger partial charge in [0.2, 0.25) is 6.79 Å². The highest BCUT2D eigenvalue weighted by Crippen LogP contribution is 2.14. The van der Waals surface area contributed by atoms with Crippen LogP contribution in [-0.2, 0) is 27.0 Å². The van der Waals surface area contributed by atoms with E-state index in [-0.39, 0.29) is 19.9 Å². The van der Waals surface area contributed by atoms with Gasteiger partial charge in [-0.2, -0.15) is 15.4 Å². The molecule has 2 aromatic heterocycles. The Balaban J connectivity index is 2.07. The van der Waals surface area contributed by atoms with Crippen molar-refractivity contribution in [2.75, 3.05) is 6.79 Å². The van der Waals surface area contributed by atoms with Crippen LogP contribution < -0.4 is 11.2 Å². The number of H-pyrrole nitrogens is 2. The van der Waals surface area contributed by atoms with Gasteiger partial charge in [0.15, 0.2) is 0 Å². The lowest BCUT2D eigenvalue weighted by Gasteiger charge is -2.05. The molecule has 0 aliphatic carbocycles. The Kier molecular flexibility index (Phi) is 5.28. The number of rotatable bonds is 7. The zero-order valence-corrected chi connectivity index (χ0v) is 12.4. The quantitative estimate of drug-likeness (QED) is 0.337. The zero-order valence-electron chi connectivity index (χ0n) is 11.5. The molecule has 0 aromatic carbocycles. The van der Waals surface area contributed by atoms with Crippen molar-refractivity contribution >= 4 is 8.25 Å². The van der Waals surface area contributed by atoms with Crippen molar-refractivity contribution in [2.45, 2.75) is 20.1 Å². The van der Waals surface area contributed by atoms with Crippen molar-refractivity contribution in [3.8, 4) is 0 Å². The normalized spacial score (nSPS) is 11.6. The molecule has 2 rings (SSSR count). The van der Waals surface area contributed by atoms with Gasteiger partial charge >= 0.3 is 13.9 Å². The number of hydrogen-bond acceptors (Lipinski definition) is 7. The van der Waals surface area contributed by atoms with Crippen LogP contribution >= 0.6 is 8.25 Å². The molecule has 2 aromatic rings. The fourth-order valence-electron chi connectivity index (χ4n) is 1.63. The predicted octanol–water partition coefficient (Wildman–Crippen LogP) is -0.848. The molecular weight excluding hydrogens is 317 g/mol. The molecule has 1 unspecified atom stereocenters. The summed E-state index contributed by atoms with van der Waals surface area (Å²) in [6, 6.07) is 0. The van der Waals surface area contributed by atoms with Gasteiger partial charge in [-0.1, -0.05) is 4.52 Å². The van der Waals surface area contributed by atoms with Crippen LogP contribution in [0, 0.1) is 6.92 Å². The molecule has 118 valence electrons. The maximum absolute atomic E-state index is 11.7. The van der Waals surface area contributed by atoms with Crippen molar-refractivity contribution < 1.29 is 18.7 Å². The first-order valence-electron chi connectivity index (χ1n) is 6.03. The molecule has 0 fully saturated rings. The minimum absolute atomic E-state index is 0.0217. The number of aromatic amines is 2. The van der Waals surface area contributed by atoms with E-state index >= 15 is 0 Å². The van der Waals surface area contributed by atoms with Gasteiger partial charge in [0.25, 0.3) is 5.56 Å². The van der Waals surface area contributed by atoms with E-state index in [1.807, 2.05) is 0 Å². The Bertz CT molecular complexity index is 781. The second-order valence-corrected chi connectivity index (χ2v) is 4.98. The molecule has 2 heterocycles. The second-order valence-electron chi connectivity index (χ2n) is 4.25. The van der Waals surface area contributed by atoms with E-state index in [9.17, 15) is 14.2 Å². The van der Waals surface area contributed by atoms with Gasteiger partial charge in [-0.15, -0.1) is 4.89 Å². The summed E-state index contributed by atoms with van der Waals surface area (Å²) < 4.78 is 20.9. The highest BCUT2D eigenvalue weighted by molar-refractivity contribution is 7.32. The predicted molar refractivity (Wildman–Crippen MR) is 72.1 cm³/mol. The Hall–Kier alpha value is -2.20. The third-order valence-electron chi connectivity index (χ3n) is 2.70. The molecule has 11 nitrogen and oxygen atoms in total. The van der Waals surface area contributed by atoms with Gasteiger partial charge in [-0.25, -0.2) is 4.79 Å². The van der Waals surface area contributed by atoms with Crippen molar-refractivity contribution in [3.05, 3.63) is 44.0 Å². The first kappa shape index (κ1) is 16.2. The minimum Gasteiger partial charge on any atom is -0.344 e. The van der Waals surface area contributed by atoms with Crippen LogP contribution in [0.4, 0.5) is 0 Å². The topological polar surface area (TPSA) is 152 Å². The molecule has 0 radical (unpaired) electrons. The number of aryl methyl sites for hydroxylation is 1. The summed E-state index contributed by atoms with van der Waals surface area (Å²) in [6.45, 7) is 1.26. The highest BCUT2D eigenvalue weighted by atomic mass is 31.1. The zero-order chi connectivity index (χ0) is 16.1. The van der Waals surface area contributed by atoms with E-state index in [2.05, 4.69) is 24.9 Å². The molecule has 1 atom stereocenters. The van der Waals surface area contributed by atoms with Crippen molar-refractivity contribution in [1.29, 1.82) is 0 Å². The van der Waals surface area contributed by atoms with Gasteiger partial charge in [0, 0.05) is 16.3 Å². The average molecular weight is 330 g/mol. The summed E-state index contributed by atoms with van der Waals surface area (Å²) in [6.07, 6.45) is 1.42. The average Bonchev–Trinajstić information content (AvgIpc) is 2.88. The first-order valence-corrected chi connectivity index (χ1v) is 7.16. The van der Waals surface area contributed by atoms with Crippen LogP contribution in [0.2, 0.25) is 0 Å². The van der Waals surface area contributed by atoms with E-state index in [4.69, 9.17) is 9.63 Å². The Morgan fingerprint density at radius 2 is 2.09 bits per heavy atom. The van der Waals surface area contributed by atoms with Gasteiger partial charge < -0.3 is 4.74 Å². The third kappa shape index (κ3) is 4.15. The lowest BCUT2D eigenvalue weighted by atomic mass is 10.3. The summed E-state index contributed by atoms with van der Waals surface area (Å²) in [5.41, 5.74) is 0.224. The van der Waals surface area contributed by atoms with Crippen LogP contribution in [0.15, 0.2) is 15.8 Å². The van der Waals surface area contributed by atoms with Gasteiger partial charge in [0.1, 0.15) is 11.4 Å². The molecule has 0 saturated carbocycles. The van der Waals surface area contributed by atoms with E-state index < -0.39 is 19.5 Å². The van der Waals surface area contributed by atoms with Crippen molar-refractivity contribution in [3.63, 3.8) is 0 Å². The molecule has 0 spiro atoms. The lowest BCUT2D eigenvalue weighted by Crippen LogP contribution is -2.31. The van der Waals surface area contributed by atoms with Gasteiger partial charge in [0.05, 0.1) is 13.2 Å². The maximum Gasteiger partial charge on any atom is 0.697 e. The number of ether oxygens (including phenoxy) is 1. The third-order valence-corrected chi connectivity index (χ3v) is 3.02. The Labute approximate surface area is 123 Å². The number of nitrogens with zero attached hydrogens (tertiary/aromatic N) is 3. The minimum atomic E-state index is -2.73. The summed E-state index contributed by atoms with van der Waals surface area (Å²) in [7, 11) is -2.73. The number of aromatic nitrogens is 5. The maximum atomic E-state index is 11.7. The van der Waals surface area contributed by atoms with Crippen LogP contribution in [0.25, 0.3) is 0 Å². The summed E-state index contributed by atoms with van der Waals surface area (Å²) in [5, 5.41) is 10.2. The summed E-state index contributed by atoms with van der Waals surface area (Å²) in [4.78, 5) is 33.6. The molecule has 3 N–H and O–H groups in total. The molecule has 0 aliphatic rings. The van der Waals surface area contributed by atoms with Crippen LogP contribution in [0.1, 0.15) is 17.0 Å². The first-order chi connectivity index (χ1) is 10.5. The highest BCUT2D eigenvalue weighted by Gasteiger charge is 2.14. The molecule has 0 amide bonds. The lowest BCUT2D eigenvalue weighted by molar-refractivity contribution is 0.00214. The largest absolute Gasteiger partial charge is 0.697 e. The monoisotopic (exact) mass is 330 g/mol. The number of nitrogens with one attached hydrogen (secondary N) is 2.